The molecular weight excluding hydrogens is 232 g/mol. The molecule has 0 bridgehead atoms. The number of thioether (sulfide) groups is 1. The lowest BCUT2D eigenvalue weighted by atomic mass is 10.0. The maximum absolute atomic E-state index is 9.10. The summed E-state index contributed by atoms with van der Waals surface area (Å²) in [5.41, 5.74) is 0.607. The van der Waals surface area contributed by atoms with Crippen molar-refractivity contribution in [3.8, 4) is 6.07 Å². The molecule has 5 heteroatoms. The Labute approximate surface area is 107 Å². The minimum atomic E-state index is -0.452. The first-order valence-corrected chi connectivity index (χ1v) is 6.66. The number of aromatic nitrogens is 2. The van der Waals surface area contributed by atoms with Crippen molar-refractivity contribution in [2.45, 2.75) is 37.9 Å². The summed E-state index contributed by atoms with van der Waals surface area (Å²) in [5, 5.41) is 13.1. The van der Waals surface area contributed by atoms with E-state index in [4.69, 9.17) is 5.26 Å². The van der Waals surface area contributed by atoms with Crippen LogP contribution < -0.4 is 5.32 Å². The number of aryl methyl sites for hydroxylation is 1. The van der Waals surface area contributed by atoms with Crippen LogP contribution in [0.25, 0.3) is 0 Å². The van der Waals surface area contributed by atoms with Crippen LogP contribution in [0.15, 0.2) is 17.6 Å². The van der Waals surface area contributed by atoms with Gasteiger partial charge in [0, 0.05) is 18.1 Å². The summed E-state index contributed by atoms with van der Waals surface area (Å²) < 4.78 is 0. The van der Waals surface area contributed by atoms with Gasteiger partial charge in [0.25, 0.3) is 0 Å². The van der Waals surface area contributed by atoms with Crippen LogP contribution in [0.4, 0.5) is 0 Å². The molecule has 0 fully saturated rings. The zero-order valence-corrected chi connectivity index (χ0v) is 11.3. The second-order valence-electron chi connectivity index (χ2n) is 4.12. The Bertz CT molecular complexity index is 384. The number of hydrogen-bond acceptors (Lipinski definition) is 5. The molecule has 1 rings (SSSR count). The Morgan fingerprint density at radius 3 is 2.65 bits per heavy atom. The fraction of sp³-hybridized carbons (Fsp3) is 0.583. The van der Waals surface area contributed by atoms with Crippen molar-refractivity contribution < 1.29 is 0 Å². The van der Waals surface area contributed by atoms with Crippen LogP contribution in [-0.4, -0.2) is 27.8 Å². The Hall–Kier alpha value is -1.12. The minimum absolute atomic E-state index is 0.452. The topological polar surface area (TPSA) is 61.6 Å². The minimum Gasteiger partial charge on any atom is -0.300 e. The van der Waals surface area contributed by atoms with Crippen molar-refractivity contribution in [1.82, 2.24) is 15.3 Å². The molecule has 0 aliphatic heterocycles. The molecule has 17 heavy (non-hydrogen) atoms. The van der Waals surface area contributed by atoms with E-state index in [0.29, 0.717) is 0 Å². The van der Waals surface area contributed by atoms with Gasteiger partial charge in [0.05, 0.1) is 6.07 Å². The Kier molecular flexibility index (Phi) is 5.39. The van der Waals surface area contributed by atoms with Crippen molar-refractivity contribution >= 4 is 11.8 Å². The molecule has 1 unspecified atom stereocenters. The van der Waals surface area contributed by atoms with Crippen LogP contribution in [-0.2, 0) is 0 Å². The zero-order valence-electron chi connectivity index (χ0n) is 10.5. The summed E-state index contributed by atoms with van der Waals surface area (Å²) >= 11 is 1.58. The van der Waals surface area contributed by atoms with E-state index >= 15 is 0 Å². The standard InChI is InChI=1S/C12H18N4S/c1-4-16-12(3,9-13)5-6-17-11-14-7-10(2)8-15-11/h7-8,16H,4-6H2,1-3H3. The first kappa shape index (κ1) is 13.9. The van der Waals surface area contributed by atoms with Crippen molar-refractivity contribution in [3.05, 3.63) is 18.0 Å². The largest absolute Gasteiger partial charge is 0.300 e. The third-order valence-electron chi connectivity index (χ3n) is 2.40. The molecular formula is C12H18N4S. The van der Waals surface area contributed by atoms with Gasteiger partial charge in [-0.1, -0.05) is 18.7 Å². The highest BCUT2D eigenvalue weighted by Gasteiger charge is 2.21. The van der Waals surface area contributed by atoms with Gasteiger partial charge in [0.2, 0.25) is 0 Å². The van der Waals surface area contributed by atoms with Crippen LogP contribution >= 0.6 is 11.8 Å². The van der Waals surface area contributed by atoms with E-state index in [-0.39, 0.29) is 0 Å². The zero-order chi connectivity index (χ0) is 12.7. The van der Waals surface area contributed by atoms with E-state index in [1.807, 2.05) is 33.2 Å². The van der Waals surface area contributed by atoms with Gasteiger partial charge in [-0.25, -0.2) is 9.97 Å². The molecule has 0 aromatic carbocycles. The average Bonchev–Trinajstić information content (AvgIpc) is 2.32. The van der Waals surface area contributed by atoms with Crippen molar-refractivity contribution in [2.75, 3.05) is 12.3 Å². The third-order valence-corrected chi connectivity index (χ3v) is 3.28. The predicted molar refractivity (Wildman–Crippen MR) is 69.8 cm³/mol. The lowest BCUT2D eigenvalue weighted by molar-refractivity contribution is 0.450. The molecule has 1 aromatic rings. The number of nitrogens with zero attached hydrogens (tertiary/aromatic N) is 3. The lowest BCUT2D eigenvalue weighted by Crippen LogP contribution is -2.41. The van der Waals surface area contributed by atoms with Crippen molar-refractivity contribution in [3.63, 3.8) is 0 Å². The highest BCUT2D eigenvalue weighted by Crippen LogP contribution is 2.18. The smallest absolute Gasteiger partial charge is 0.187 e. The van der Waals surface area contributed by atoms with Gasteiger partial charge in [0.15, 0.2) is 5.16 Å². The molecule has 0 spiro atoms. The molecule has 0 saturated heterocycles. The summed E-state index contributed by atoms with van der Waals surface area (Å²) in [4.78, 5) is 8.44. The molecule has 0 aliphatic carbocycles. The molecule has 0 aliphatic rings. The van der Waals surface area contributed by atoms with E-state index in [2.05, 4.69) is 21.4 Å². The van der Waals surface area contributed by atoms with Gasteiger partial charge in [-0.2, -0.15) is 5.26 Å². The second kappa shape index (κ2) is 6.58. The Morgan fingerprint density at radius 1 is 1.47 bits per heavy atom. The molecule has 0 saturated carbocycles. The summed E-state index contributed by atoms with van der Waals surface area (Å²) in [6.45, 7) is 6.70. The molecule has 1 aromatic heterocycles. The normalized spacial score (nSPS) is 14.0. The summed E-state index contributed by atoms with van der Waals surface area (Å²) in [7, 11) is 0. The maximum atomic E-state index is 9.10. The maximum Gasteiger partial charge on any atom is 0.187 e. The van der Waals surface area contributed by atoms with Crippen molar-refractivity contribution in [2.24, 2.45) is 0 Å². The van der Waals surface area contributed by atoms with Gasteiger partial charge in [-0.3, -0.25) is 5.32 Å². The molecule has 0 amide bonds. The van der Waals surface area contributed by atoms with E-state index in [0.717, 1.165) is 29.4 Å². The van der Waals surface area contributed by atoms with Crippen LogP contribution in [0.3, 0.4) is 0 Å². The monoisotopic (exact) mass is 250 g/mol. The highest BCUT2D eigenvalue weighted by atomic mass is 32.2. The van der Waals surface area contributed by atoms with Crippen LogP contribution in [0, 0.1) is 18.3 Å². The van der Waals surface area contributed by atoms with E-state index in [9.17, 15) is 0 Å². The SMILES string of the molecule is CCNC(C)(C#N)CCSc1ncc(C)cn1. The van der Waals surface area contributed by atoms with Crippen molar-refractivity contribution in [1.29, 1.82) is 5.26 Å². The van der Waals surface area contributed by atoms with Crippen LogP contribution in [0.5, 0.6) is 0 Å². The predicted octanol–water partition coefficient (Wildman–Crippen LogP) is 2.16. The van der Waals surface area contributed by atoms with E-state index in [1.54, 1.807) is 11.8 Å². The highest BCUT2D eigenvalue weighted by molar-refractivity contribution is 7.99. The number of nitrogens with one attached hydrogen (secondary N) is 1. The molecule has 4 nitrogen and oxygen atoms in total. The summed E-state index contributed by atoms with van der Waals surface area (Å²) in [6.07, 6.45) is 4.39. The van der Waals surface area contributed by atoms with Crippen LogP contribution in [0.1, 0.15) is 25.8 Å². The molecule has 92 valence electrons. The quantitative estimate of drug-likeness (QED) is 0.619. The number of nitriles is 1. The fourth-order valence-corrected chi connectivity index (χ4v) is 2.32. The summed E-state index contributed by atoms with van der Waals surface area (Å²) in [5.74, 6) is 0.833. The van der Waals surface area contributed by atoms with Gasteiger partial charge in [-0.15, -0.1) is 0 Å². The van der Waals surface area contributed by atoms with Gasteiger partial charge < -0.3 is 0 Å². The number of hydrogen-bond donors (Lipinski definition) is 1. The third kappa shape index (κ3) is 4.72. The van der Waals surface area contributed by atoms with Gasteiger partial charge in [0.1, 0.15) is 5.54 Å². The molecule has 1 N–H and O–H groups in total. The molecule has 0 radical (unpaired) electrons. The van der Waals surface area contributed by atoms with E-state index < -0.39 is 5.54 Å². The van der Waals surface area contributed by atoms with Gasteiger partial charge in [-0.05, 0) is 32.4 Å². The fourth-order valence-electron chi connectivity index (χ4n) is 1.38. The van der Waals surface area contributed by atoms with Gasteiger partial charge >= 0.3 is 0 Å². The summed E-state index contributed by atoms with van der Waals surface area (Å²) in [6, 6.07) is 2.31. The second-order valence-corrected chi connectivity index (χ2v) is 5.18. The first-order chi connectivity index (χ1) is 8.09. The van der Waals surface area contributed by atoms with Crippen LogP contribution in [0.2, 0.25) is 0 Å². The number of rotatable bonds is 6. The molecule has 1 atom stereocenters. The molecule has 1 heterocycles. The Morgan fingerprint density at radius 2 is 2.12 bits per heavy atom. The lowest BCUT2D eigenvalue weighted by Gasteiger charge is -2.21. The Balaban J connectivity index is 2.42. The first-order valence-electron chi connectivity index (χ1n) is 5.67. The average molecular weight is 250 g/mol. The van der Waals surface area contributed by atoms with E-state index in [1.165, 1.54) is 0 Å².